The van der Waals surface area contributed by atoms with Gasteiger partial charge in [0.25, 0.3) is 0 Å². The zero-order valence-corrected chi connectivity index (χ0v) is 16.6. The van der Waals surface area contributed by atoms with E-state index in [1.54, 1.807) is 0 Å². The fourth-order valence-corrected chi connectivity index (χ4v) is 2.84. The Kier molecular flexibility index (Phi) is 7.66. The predicted octanol–water partition coefficient (Wildman–Crippen LogP) is 3.98. The zero-order valence-electron chi connectivity index (χ0n) is 15.0. The zero-order chi connectivity index (χ0) is 18.9. The molecule has 0 saturated carbocycles. The SMILES string of the molecule is Cc1cc(Br)ccc1NC(=O)CNC(=O)CCCOc1ccccc1C. The summed E-state index contributed by atoms with van der Waals surface area (Å²) in [7, 11) is 0. The number of carbonyl (C=O) groups is 2. The van der Waals surface area contributed by atoms with Crippen molar-refractivity contribution in [3.05, 3.63) is 58.1 Å². The first kappa shape index (κ1) is 20.0. The summed E-state index contributed by atoms with van der Waals surface area (Å²) in [5.74, 6) is 0.415. The molecule has 0 saturated heterocycles. The first-order chi connectivity index (χ1) is 12.5. The van der Waals surface area contributed by atoms with Crippen LogP contribution in [-0.4, -0.2) is 25.0 Å². The maximum atomic E-state index is 11.9. The number of carbonyl (C=O) groups excluding carboxylic acids is 2. The highest BCUT2D eigenvalue weighted by atomic mass is 79.9. The Labute approximate surface area is 162 Å². The highest BCUT2D eigenvalue weighted by molar-refractivity contribution is 9.10. The minimum atomic E-state index is -0.250. The molecule has 0 fully saturated rings. The Bertz CT molecular complexity index is 777. The molecule has 0 aliphatic carbocycles. The smallest absolute Gasteiger partial charge is 0.243 e. The van der Waals surface area contributed by atoms with Crippen LogP contribution in [-0.2, 0) is 9.59 Å². The minimum Gasteiger partial charge on any atom is -0.493 e. The second-order valence-corrected chi connectivity index (χ2v) is 6.92. The number of anilines is 1. The largest absolute Gasteiger partial charge is 0.493 e. The van der Waals surface area contributed by atoms with Crippen LogP contribution in [0.4, 0.5) is 5.69 Å². The average Bonchev–Trinajstić information content (AvgIpc) is 2.61. The first-order valence-corrected chi connectivity index (χ1v) is 9.26. The molecule has 0 unspecified atom stereocenters. The molecule has 138 valence electrons. The topological polar surface area (TPSA) is 67.4 Å². The van der Waals surface area contributed by atoms with E-state index in [4.69, 9.17) is 4.74 Å². The number of benzene rings is 2. The van der Waals surface area contributed by atoms with Gasteiger partial charge in [0, 0.05) is 16.6 Å². The van der Waals surface area contributed by atoms with Gasteiger partial charge in [0.2, 0.25) is 11.8 Å². The molecule has 0 heterocycles. The van der Waals surface area contributed by atoms with Gasteiger partial charge in [0.1, 0.15) is 5.75 Å². The van der Waals surface area contributed by atoms with Gasteiger partial charge in [0.05, 0.1) is 13.2 Å². The van der Waals surface area contributed by atoms with Crippen molar-refractivity contribution in [2.45, 2.75) is 26.7 Å². The normalized spacial score (nSPS) is 10.3. The molecule has 2 amide bonds. The van der Waals surface area contributed by atoms with Crippen LogP contribution in [0.2, 0.25) is 0 Å². The van der Waals surface area contributed by atoms with Crippen LogP contribution < -0.4 is 15.4 Å². The molecule has 0 aliphatic heterocycles. The maximum absolute atomic E-state index is 11.9. The summed E-state index contributed by atoms with van der Waals surface area (Å²) in [4.78, 5) is 23.8. The summed E-state index contributed by atoms with van der Waals surface area (Å²) in [6.07, 6.45) is 0.907. The molecule has 0 atom stereocenters. The number of nitrogens with one attached hydrogen (secondary N) is 2. The summed E-state index contributed by atoms with van der Waals surface area (Å²) in [6, 6.07) is 13.4. The van der Waals surface area contributed by atoms with Crippen LogP contribution >= 0.6 is 15.9 Å². The van der Waals surface area contributed by atoms with Crippen LogP contribution in [0.3, 0.4) is 0 Å². The highest BCUT2D eigenvalue weighted by Gasteiger charge is 2.08. The van der Waals surface area contributed by atoms with Crippen molar-refractivity contribution in [3.8, 4) is 5.75 Å². The summed E-state index contributed by atoms with van der Waals surface area (Å²) < 4.78 is 6.60. The van der Waals surface area contributed by atoms with Crippen molar-refractivity contribution in [1.29, 1.82) is 0 Å². The summed E-state index contributed by atoms with van der Waals surface area (Å²) >= 11 is 3.38. The highest BCUT2D eigenvalue weighted by Crippen LogP contribution is 2.19. The number of hydrogen-bond acceptors (Lipinski definition) is 3. The molecule has 2 N–H and O–H groups in total. The molecule has 0 radical (unpaired) electrons. The Morgan fingerprint density at radius 3 is 2.54 bits per heavy atom. The minimum absolute atomic E-state index is 0.0486. The van der Waals surface area contributed by atoms with Gasteiger partial charge in [0.15, 0.2) is 0 Å². The number of amides is 2. The van der Waals surface area contributed by atoms with Gasteiger partial charge < -0.3 is 15.4 Å². The van der Waals surface area contributed by atoms with Crippen LogP contribution in [0.5, 0.6) is 5.75 Å². The molecular weight excluding hydrogens is 396 g/mol. The fourth-order valence-electron chi connectivity index (χ4n) is 2.36. The van der Waals surface area contributed by atoms with E-state index in [1.165, 1.54) is 0 Å². The fraction of sp³-hybridized carbons (Fsp3) is 0.300. The van der Waals surface area contributed by atoms with Crippen molar-refractivity contribution < 1.29 is 14.3 Å². The van der Waals surface area contributed by atoms with Crippen molar-refractivity contribution in [1.82, 2.24) is 5.32 Å². The van der Waals surface area contributed by atoms with Crippen molar-refractivity contribution in [2.75, 3.05) is 18.5 Å². The van der Waals surface area contributed by atoms with E-state index in [2.05, 4.69) is 26.6 Å². The lowest BCUT2D eigenvalue weighted by molar-refractivity contribution is -0.124. The maximum Gasteiger partial charge on any atom is 0.243 e. The standard InChI is InChI=1S/C20H23BrN2O3/c1-14-6-3-4-7-18(14)26-11-5-8-19(24)22-13-20(25)23-17-10-9-16(21)12-15(17)2/h3-4,6-7,9-10,12H,5,8,11,13H2,1-2H3,(H,22,24)(H,23,25). The second kappa shape index (κ2) is 9.97. The first-order valence-electron chi connectivity index (χ1n) is 8.47. The Morgan fingerprint density at radius 1 is 1.04 bits per heavy atom. The lowest BCUT2D eigenvalue weighted by Crippen LogP contribution is -2.33. The predicted molar refractivity (Wildman–Crippen MR) is 106 cm³/mol. The molecule has 2 aromatic carbocycles. The van der Waals surface area contributed by atoms with Crippen molar-refractivity contribution in [3.63, 3.8) is 0 Å². The average molecular weight is 419 g/mol. The molecule has 2 aromatic rings. The number of ether oxygens (including phenoxy) is 1. The van der Waals surface area contributed by atoms with Crippen LogP contribution in [0.25, 0.3) is 0 Å². The molecule has 0 bridgehead atoms. The number of hydrogen-bond donors (Lipinski definition) is 2. The van der Waals surface area contributed by atoms with E-state index in [1.807, 2.05) is 56.3 Å². The van der Waals surface area contributed by atoms with Crippen LogP contribution in [0.1, 0.15) is 24.0 Å². The Balaban J connectivity index is 1.65. The summed E-state index contributed by atoms with van der Waals surface area (Å²) in [5.41, 5.74) is 2.75. The van der Waals surface area contributed by atoms with Gasteiger partial charge in [-0.05, 0) is 55.7 Å². The Hall–Kier alpha value is -2.34. The molecule has 0 spiro atoms. The third kappa shape index (κ3) is 6.52. The monoisotopic (exact) mass is 418 g/mol. The number of para-hydroxylation sites is 1. The van der Waals surface area contributed by atoms with Crippen molar-refractivity contribution >= 4 is 33.4 Å². The van der Waals surface area contributed by atoms with Crippen LogP contribution in [0, 0.1) is 13.8 Å². The van der Waals surface area contributed by atoms with E-state index in [-0.39, 0.29) is 18.4 Å². The molecular formula is C20H23BrN2O3. The van der Waals surface area contributed by atoms with Crippen molar-refractivity contribution in [2.24, 2.45) is 0 Å². The van der Waals surface area contributed by atoms with E-state index in [9.17, 15) is 9.59 Å². The van der Waals surface area contributed by atoms with Gasteiger partial charge in [-0.15, -0.1) is 0 Å². The lowest BCUT2D eigenvalue weighted by Gasteiger charge is -2.10. The third-order valence-corrected chi connectivity index (χ3v) is 4.30. The number of rotatable bonds is 8. The summed E-state index contributed by atoms with van der Waals surface area (Å²) in [6.45, 7) is 4.30. The third-order valence-electron chi connectivity index (χ3n) is 3.81. The molecule has 6 heteroatoms. The van der Waals surface area contributed by atoms with Gasteiger partial charge in [-0.3, -0.25) is 9.59 Å². The lowest BCUT2D eigenvalue weighted by atomic mass is 10.2. The number of aryl methyl sites for hydroxylation is 2. The van der Waals surface area contributed by atoms with E-state index >= 15 is 0 Å². The van der Waals surface area contributed by atoms with Crippen LogP contribution in [0.15, 0.2) is 46.9 Å². The molecule has 0 aliphatic rings. The van der Waals surface area contributed by atoms with Gasteiger partial charge in [-0.25, -0.2) is 0 Å². The van der Waals surface area contributed by atoms with Gasteiger partial charge >= 0.3 is 0 Å². The van der Waals surface area contributed by atoms with Gasteiger partial charge in [-0.1, -0.05) is 34.1 Å². The van der Waals surface area contributed by atoms with E-state index in [0.29, 0.717) is 19.4 Å². The molecule has 0 aromatic heterocycles. The van der Waals surface area contributed by atoms with Gasteiger partial charge in [-0.2, -0.15) is 0 Å². The Morgan fingerprint density at radius 2 is 1.81 bits per heavy atom. The van der Waals surface area contributed by atoms with E-state index in [0.717, 1.165) is 27.0 Å². The quantitative estimate of drug-likeness (QED) is 0.637. The summed E-state index contributed by atoms with van der Waals surface area (Å²) in [5, 5.41) is 5.42. The molecule has 2 rings (SSSR count). The number of halogens is 1. The van der Waals surface area contributed by atoms with E-state index < -0.39 is 0 Å². The second-order valence-electron chi connectivity index (χ2n) is 6.00. The molecule has 26 heavy (non-hydrogen) atoms. The molecule has 5 nitrogen and oxygen atoms in total.